The van der Waals surface area contributed by atoms with Gasteiger partial charge in [0.1, 0.15) is 23.0 Å². The number of ether oxygens (including phenoxy) is 2. The molecule has 0 bridgehead atoms. The summed E-state index contributed by atoms with van der Waals surface area (Å²) >= 11 is 2.29. The van der Waals surface area contributed by atoms with Crippen LogP contribution in [-0.4, -0.2) is 17.2 Å². The molecule has 0 heterocycles. The number of hydrogen-bond acceptors (Lipinski definition) is 4. The van der Waals surface area contributed by atoms with Crippen LogP contribution in [-0.2, 0) is 0 Å². The minimum absolute atomic E-state index is 0.454. The molecule has 0 aliphatic heterocycles. The standard InChI is InChI=1S/C14H12BNO3.C14H10INO/c1-10-9-13(7-8-14(10)15(17)18)19-12-5-3-11(16-2)4-6-12;1-10-9-13(7-8-14(10)15)17-12-5-3-11(16-2)4-6-12/h3-9,17-18H,1H3;3-9H,1H3. The lowest BCUT2D eigenvalue weighted by Crippen LogP contribution is -2.31. The maximum Gasteiger partial charge on any atom is 0.488 e. The van der Waals surface area contributed by atoms with Gasteiger partial charge < -0.3 is 19.5 Å². The molecule has 0 unspecified atom stereocenters. The number of hydrogen-bond donors (Lipinski definition) is 2. The van der Waals surface area contributed by atoms with E-state index in [0.717, 1.165) is 17.1 Å². The van der Waals surface area contributed by atoms with Gasteiger partial charge in [-0.25, -0.2) is 9.69 Å². The highest BCUT2D eigenvalue weighted by molar-refractivity contribution is 14.1. The molecule has 4 aromatic rings. The van der Waals surface area contributed by atoms with Gasteiger partial charge in [0.15, 0.2) is 11.4 Å². The lowest BCUT2D eigenvalue weighted by Gasteiger charge is -2.09. The summed E-state index contributed by atoms with van der Waals surface area (Å²) in [6, 6.07) is 24.9. The van der Waals surface area contributed by atoms with Crippen LogP contribution >= 0.6 is 22.6 Å². The molecular weight excluding hydrogens is 566 g/mol. The Kier molecular flexibility index (Phi) is 9.49. The lowest BCUT2D eigenvalue weighted by molar-refractivity contribution is 0.425. The van der Waals surface area contributed by atoms with Crippen LogP contribution in [0.3, 0.4) is 0 Å². The van der Waals surface area contributed by atoms with Crippen LogP contribution in [0.4, 0.5) is 11.4 Å². The summed E-state index contributed by atoms with van der Waals surface area (Å²) in [5.74, 6) is 2.80. The van der Waals surface area contributed by atoms with E-state index < -0.39 is 7.12 Å². The Bertz CT molecular complexity index is 1410. The van der Waals surface area contributed by atoms with E-state index in [1.54, 1.807) is 73.7 Å². The molecular formula is C28H22BIN2O4. The van der Waals surface area contributed by atoms with Crippen LogP contribution in [0, 0.1) is 30.6 Å². The van der Waals surface area contributed by atoms with Crippen LogP contribution in [0.25, 0.3) is 9.69 Å². The van der Waals surface area contributed by atoms with E-state index in [2.05, 4.69) is 39.2 Å². The molecule has 0 saturated heterocycles. The molecule has 0 atom stereocenters. The zero-order valence-electron chi connectivity index (χ0n) is 19.6. The smallest absolute Gasteiger partial charge is 0.457 e. The summed E-state index contributed by atoms with van der Waals surface area (Å²) in [6.45, 7) is 17.6. The van der Waals surface area contributed by atoms with Crippen molar-refractivity contribution in [1.82, 2.24) is 0 Å². The fourth-order valence-electron chi connectivity index (χ4n) is 3.13. The van der Waals surface area contributed by atoms with Crippen molar-refractivity contribution < 1.29 is 19.5 Å². The van der Waals surface area contributed by atoms with Gasteiger partial charge in [-0.1, -0.05) is 30.3 Å². The normalized spacial score (nSPS) is 9.75. The molecule has 36 heavy (non-hydrogen) atoms. The van der Waals surface area contributed by atoms with E-state index >= 15 is 0 Å². The van der Waals surface area contributed by atoms with Gasteiger partial charge in [0.2, 0.25) is 0 Å². The summed E-state index contributed by atoms with van der Waals surface area (Å²) in [5.41, 5.74) is 3.57. The highest BCUT2D eigenvalue weighted by Crippen LogP contribution is 2.26. The van der Waals surface area contributed by atoms with Gasteiger partial charge in [-0.15, -0.1) is 0 Å². The molecule has 6 nitrogen and oxygen atoms in total. The Morgan fingerprint density at radius 1 is 0.639 bits per heavy atom. The maximum absolute atomic E-state index is 9.13. The third-order valence-corrected chi connectivity index (χ3v) is 6.26. The zero-order chi connectivity index (χ0) is 26.1. The molecule has 0 amide bonds. The quantitative estimate of drug-likeness (QED) is 0.150. The lowest BCUT2D eigenvalue weighted by atomic mass is 9.77. The molecule has 0 spiro atoms. The Labute approximate surface area is 224 Å². The number of rotatable bonds is 5. The topological polar surface area (TPSA) is 67.6 Å². The number of benzene rings is 4. The van der Waals surface area contributed by atoms with Crippen LogP contribution in [0.5, 0.6) is 23.0 Å². The third-order valence-electron chi connectivity index (χ3n) is 5.05. The van der Waals surface area contributed by atoms with E-state index in [1.807, 2.05) is 18.2 Å². The fourth-order valence-corrected chi connectivity index (χ4v) is 3.47. The van der Waals surface area contributed by atoms with Gasteiger partial charge >= 0.3 is 7.12 Å². The average Bonchev–Trinajstić information content (AvgIpc) is 2.87. The molecule has 2 N–H and O–H groups in total. The first-order chi connectivity index (χ1) is 17.3. The molecule has 0 aliphatic rings. The first kappa shape index (κ1) is 26.8. The van der Waals surface area contributed by atoms with Crippen LogP contribution in [0.1, 0.15) is 11.1 Å². The fraction of sp³-hybridized carbons (Fsp3) is 0.0714. The monoisotopic (exact) mass is 588 g/mol. The molecule has 8 heteroatoms. The molecule has 0 fully saturated rings. The second-order valence-electron chi connectivity index (χ2n) is 7.72. The van der Waals surface area contributed by atoms with Crippen molar-refractivity contribution in [2.75, 3.05) is 0 Å². The highest BCUT2D eigenvalue weighted by Gasteiger charge is 2.14. The summed E-state index contributed by atoms with van der Waals surface area (Å²) in [7, 11) is -1.48. The Morgan fingerprint density at radius 3 is 1.44 bits per heavy atom. The van der Waals surface area contributed by atoms with Gasteiger partial charge in [0.25, 0.3) is 0 Å². The maximum atomic E-state index is 9.13. The first-order valence-corrected chi connectivity index (χ1v) is 11.9. The third kappa shape index (κ3) is 7.59. The molecule has 0 aromatic heterocycles. The molecule has 0 saturated carbocycles. The predicted octanol–water partition coefficient (Wildman–Crippen LogP) is 6.96. The molecule has 4 aromatic carbocycles. The van der Waals surface area contributed by atoms with Gasteiger partial charge in [-0.05, 0) is 108 Å². The van der Waals surface area contributed by atoms with Gasteiger partial charge in [-0.3, -0.25) is 0 Å². The molecule has 0 radical (unpaired) electrons. The van der Waals surface area contributed by atoms with E-state index in [4.69, 9.17) is 32.7 Å². The average molecular weight is 588 g/mol. The number of halogens is 1. The van der Waals surface area contributed by atoms with Gasteiger partial charge in [0, 0.05) is 3.57 Å². The Hall–Kier alpha value is -3.83. The number of nitrogens with zero attached hydrogens (tertiary/aromatic N) is 2. The highest BCUT2D eigenvalue weighted by atomic mass is 127. The summed E-state index contributed by atoms with van der Waals surface area (Å²) in [5, 5.41) is 18.3. The summed E-state index contributed by atoms with van der Waals surface area (Å²) in [4.78, 5) is 6.64. The second-order valence-corrected chi connectivity index (χ2v) is 8.88. The van der Waals surface area contributed by atoms with Gasteiger partial charge in [0.05, 0.1) is 13.1 Å². The Morgan fingerprint density at radius 2 is 1.06 bits per heavy atom. The predicted molar refractivity (Wildman–Crippen MR) is 150 cm³/mol. The zero-order valence-corrected chi connectivity index (χ0v) is 21.8. The summed E-state index contributed by atoms with van der Waals surface area (Å²) in [6.07, 6.45) is 0. The van der Waals surface area contributed by atoms with Crippen molar-refractivity contribution in [1.29, 1.82) is 0 Å². The molecule has 0 aliphatic carbocycles. The Balaban J connectivity index is 0.000000202. The molecule has 4 rings (SSSR count). The minimum Gasteiger partial charge on any atom is -0.457 e. The van der Waals surface area contributed by atoms with E-state index in [0.29, 0.717) is 28.3 Å². The van der Waals surface area contributed by atoms with E-state index in [9.17, 15) is 0 Å². The van der Waals surface area contributed by atoms with Gasteiger partial charge in [-0.2, -0.15) is 0 Å². The van der Waals surface area contributed by atoms with Crippen molar-refractivity contribution in [3.63, 3.8) is 0 Å². The van der Waals surface area contributed by atoms with Crippen LogP contribution < -0.4 is 14.9 Å². The van der Waals surface area contributed by atoms with Crippen molar-refractivity contribution in [2.24, 2.45) is 0 Å². The SMILES string of the molecule is [C-]#[N+]c1ccc(Oc2ccc(B(O)O)c(C)c2)cc1.[C-]#[N+]c1ccc(Oc2ccc(I)c(C)c2)cc1. The van der Waals surface area contributed by atoms with E-state index in [-0.39, 0.29) is 0 Å². The first-order valence-electron chi connectivity index (χ1n) is 10.8. The molecule has 178 valence electrons. The van der Waals surface area contributed by atoms with Crippen molar-refractivity contribution in [3.8, 4) is 23.0 Å². The van der Waals surface area contributed by atoms with Crippen molar-refractivity contribution in [3.05, 3.63) is 122 Å². The minimum atomic E-state index is -1.48. The van der Waals surface area contributed by atoms with E-state index in [1.165, 1.54) is 9.13 Å². The van der Waals surface area contributed by atoms with Crippen molar-refractivity contribution >= 4 is 46.5 Å². The second kappa shape index (κ2) is 12.8. The summed E-state index contributed by atoms with van der Waals surface area (Å²) < 4.78 is 12.6. The largest absolute Gasteiger partial charge is 0.488 e. The van der Waals surface area contributed by atoms with Crippen LogP contribution in [0.2, 0.25) is 0 Å². The number of aryl methyl sites for hydroxylation is 2. The van der Waals surface area contributed by atoms with Crippen molar-refractivity contribution in [2.45, 2.75) is 13.8 Å². The van der Waals surface area contributed by atoms with Crippen LogP contribution in [0.15, 0.2) is 84.9 Å².